The van der Waals surface area contributed by atoms with E-state index in [0.717, 1.165) is 23.4 Å². The third-order valence-corrected chi connectivity index (χ3v) is 4.46. The number of imidazole rings is 1. The lowest BCUT2D eigenvalue weighted by molar-refractivity contribution is 0.112. The van der Waals surface area contributed by atoms with Gasteiger partial charge >= 0.3 is 0 Å². The van der Waals surface area contributed by atoms with E-state index < -0.39 is 0 Å². The molecule has 17 heavy (non-hydrogen) atoms. The molecule has 3 nitrogen and oxygen atoms in total. The number of pyridine rings is 1. The van der Waals surface area contributed by atoms with Crippen molar-refractivity contribution < 1.29 is 4.79 Å². The summed E-state index contributed by atoms with van der Waals surface area (Å²) >= 11 is 2.01. The summed E-state index contributed by atoms with van der Waals surface area (Å²) in [6, 6.07) is 3.74. The number of aromatic nitrogens is 2. The van der Waals surface area contributed by atoms with Crippen LogP contribution < -0.4 is 0 Å². The number of rotatable bonds is 2. The van der Waals surface area contributed by atoms with Gasteiger partial charge in [-0.2, -0.15) is 11.8 Å². The molecule has 1 unspecified atom stereocenters. The van der Waals surface area contributed by atoms with Crippen molar-refractivity contribution in [1.29, 1.82) is 0 Å². The molecule has 3 rings (SSSR count). The number of thioether (sulfide) groups is 1. The molecule has 0 N–H and O–H groups in total. The summed E-state index contributed by atoms with van der Waals surface area (Å²) < 4.78 is 2.11. The Morgan fingerprint density at radius 3 is 3.24 bits per heavy atom. The highest BCUT2D eigenvalue weighted by Gasteiger charge is 2.20. The second-order valence-electron chi connectivity index (χ2n) is 4.40. The second-order valence-corrected chi connectivity index (χ2v) is 5.55. The molecule has 3 heterocycles. The van der Waals surface area contributed by atoms with Crippen molar-refractivity contribution in [2.75, 3.05) is 11.5 Å². The Balaban J connectivity index is 2.02. The summed E-state index contributed by atoms with van der Waals surface area (Å²) in [5, 5.41) is 0. The van der Waals surface area contributed by atoms with Crippen LogP contribution in [0.1, 0.15) is 34.9 Å². The fourth-order valence-electron chi connectivity index (χ4n) is 2.36. The number of carbonyl (C=O) groups is 1. The van der Waals surface area contributed by atoms with Crippen LogP contribution in [-0.2, 0) is 0 Å². The van der Waals surface area contributed by atoms with Gasteiger partial charge in [-0.1, -0.05) is 0 Å². The molecule has 1 aliphatic heterocycles. The van der Waals surface area contributed by atoms with E-state index in [2.05, 4.69) is 9.38 Å². The zero-order valence-electron chi connectivity index (χ0n) is 9.50. The monoisotopic (exact) mass is 246 g/mol. The van der Waals surface area contributed by atoms with Gasteiger partial charge < -0.3 is 4.40 Å². The van der Waals surface area contributed by atoms with Crippen molar-refractivity contribution in [3.63, 3.8) is 0 Å². The third kappa shape index (κ3) is 1.97. The first kappa shape index (κ1) is 10.8. The van der Waals surface area contributed by atoms with E-state index >= 15 is 0 Å². The maximum absolute atomic E-state index is 10.7. The highest BCUT2D eigenvalue weighted by atomic mass is 32.2. The minimum atomic E-state index is 0.554. The van der Waals surface area contributed by atoms with E-state index in [1.807, 2.05) is 36.3 Å². The smallest absolute Gasteiger partial charge is 0.150 e. The van der Waals surface area contributed by atoms with Gasteiger partial charge in [0.2, 0.25) is 0 Å². The summed E-state index contributed by atoms with van der Waals surface area (Å²) in [7, 11) is 0. The quantitative estimate of drug-likeness (QED) is 0.764. The molecule has 0 amide bonds. The zero-order valence-corrected chi connectivity index (χ0v) is 10.3. The summed E-state index contributed by atoms with van der Waals surface area (Å²) in [5.41, 5.74) is 1.72. The highest BCUT2D eigenvalue weighted by Crippen LogP contribution is 2.30. The van der Waals surface area contributed by atoms with Crippen LogP contribution in [0.2, 0.25) is 0 Å². The fourth-order valence-corrected chi connectivity index (χ4v) is 3.50. The first-order chi connectivity index (χ1) is 8.38. The molecule has 1 atom stereocenters. The van der Waals surface area contributed by atoms with Crippen LogP contribution >= 0.6 is 11.8 Å². The van der Waals surface area contributed by atoms with Crippen LogP contribution in [0.25, 0.3) is 5.52 Å². The number of hydrogen-bond donors (Lipinski definition) is 0. The molecule has 0 radical (unpaired) electrons. The topological polar surface area (TPSA) is 34.4 Å². The van der Waals surface area contributed by atoms with Gasteiger partial charge in [-0.05, 0) is 30.7 Å². The van der Waals surface area contributed by atoms with E-state index in [4.69, 9.17) is 0 Å². The highest BCUT2D eigenvalue weighted by molar-refractivity contribution is 7.99. The molecule has 1 saturated heterocycles. The number of fused-ring (bicyclic) bond motifs is 1. The summed E-state index contributed by atoms with van der Waals surface area (Å²) in [6.45, 7) is 0. The van der Waals surface area contributed by atoms with Gasteiger partial charge in [-0.15, -0.1) is 0 Å². The van der Waals surface area contributed by atoms with E-state index in [-0.39, 0.29) is 0 Å². The van der Waals surface area contributed by atoms with Crippen molar-refractivity contribution in [3.05, 3.63) is 35.9 Å². The predicted octanol–water partition coefficient (Wildman–Crippen LogP) is 2.76. The van der Waals surface area contributed by atoms with Gasteiger partial charge in [0.25, 0.3) is 0 Å². The zero-order chi connectivity index (χ0) is 11.7. The Morgan fingerprint density at radius 2 is 2.47 bits per heavy atom. The molecule has 2 aromatic rings. The van der Waals surface area contributed by atoms with Crippen LogP contribution in [0.15, 0.2) is 24.5 Å². The van der Waals surface area contributed by atoms with Crippen LogP contribution in [-0.4, -0.2) is 27.2 Å². The largest absolute Gasteiger partial charge is 0.303 e. The van der Waals surface area contributed by atoms with E-state index in [0.29, 0.717) is 11.5 Å². The normalized spacial score (nSPS) is 20.6. The Bertz CT molecular complexity index is 543. The predicted molar refractivity (Wildman–Crippen MR) is 69.9 cm³/mol. The van der Waals surface area contributed by atoms with Crippen molar-refractivity contribution in [1.82, 2.24) is 9.38 Å². The molecule has 1 aliphatic rings. The van der Waals surface area contributed by atoms with Crippen LogP contribution in [0.4, 0.5) is 0 Å². The molecule has 1 fully saturated rings. The molecule has 2 aromatic heterocycles. The Kier molecular flexibility index (Phi) is 2.89. The molecular formula is C13H14N2OS. The third-order valence-electron chi connectivity index (χ3n) is 3.25. The average Bonchev–Trinajstić information content (AvgIpc) is 2.82. The number of hydrogen-bond acceptors (Lipinski definition) is 3. The van der Waals surface area contributed by atoms with Gasteiger partial charge in [0.15, 0.2) is 0 Å². The van der Waals surface area contributed by atoms with Crippen LogP contribution in [0.5, 0.6) is 0 Å². The van der Waals surface area contributed by atoms with E-state index in [1.54, 1.807) is 0 Å². The molecule has 0 aromatic carbocycles. The number of carbonyl (C=O) groups excluding carboxylic acids is 1. The molecule has 0 saturated carbocycles. The van der Waals surface area contributed by atoms with Crippen LogP contribution in [0.3, 0.4) is 0 Å². The molecule has 0 bridgehead atoms. The lowest BCUT2D eigenvalue weighted by atomic mass is 10.0. The minimum Gasteiger partial charge on any atom is -0.303 e. The fraction of sp³-hybridized carbons (Fsp3) is 0.385. The SMILES string of the molecule is O=Cc1ccn2c(C3CCCSC3)ncc2c1. The Morgan fingerprint density at radius 1 is 1.53 bits per heavy atom. The van der Waals surface area contributed by atoms with Gasteiger partial charge in [-0.3, -0.25) is 4.79 Å². The molecule has 88 valence electrons. The number of nitrogens with zero attached hydrogens (tertiary/aromatic N) is 2. The molecule has 0 spiro atoms. The first-order valence-electron chi connectivity index (χ1n) is 5.88. The first-order valence-corrected chi connectivity index (χ1v) is 7.04. The molecule has 4 heteroatoms. The van der Waals surface area contributed by atoms with Gasteiger partial charge in [0, 0.05) is 23.4 Å². The Labute approximate surface area is 104 Å². The second kappa shape index (κ2) is 4.53. The summed E-state index contributed by atoms with van der Waals surface area (Å²) in [4.78, 5) is 15.3. The maximum atomic E-state index is 10.7. The summed E-state index contributed by atoms with van der Waals surface area (Å²) in [5.74, 6) is 4.13. The van der Waals surface area contributed by atoms with Gasteiger partial charge in [0.1, 0.15) is 12.1 Å². The molecule has 0 aliphatic carbocycles. The Hall–Kier alpha value is -1.29. The van der Waals surface area contributed by atoms with Gasteiger partial charge in [0.05, 0.1) is 11.7 Å². The standard InChI is InChI=1S/C13H14N2OS/c16-8-10-3-4-15-12(6-10)7-14-13(15)11-2-1-5-17-9-11/h3-4,6-8,11H,1-2,5,9H2. The van der Waals surface area contributed by atoms with E-state index in [1.165, 1.54) is 18.6 Å². The summed E-state index contributed by atoms with van der Waals surface area (Å²) in [6.07, 6.45) is 7.20. The van der Waals surface area contributed by atoms with Crippen molar-refractivity contribution >= 4 is 23.6 Å². The average molecular weight is 246 g/mol. The lowest BCUT2D eigenvalue weighted by Gasteiger charge is -2.20. The number of aldehydes is 1. The van der Waals surface area contributed by atoms with Crippen molar-refractivity contribution in [2.24, 2.45) is 0 Å². The van der Waals surface area contributed by atoms with Gasteiger partial charge in [-0.25, -0.2) is 4.98 Å². The van der Waals surface area contributed by atoms with Crippen LogP contribution in [0, 0.1) is 0 Å². The maximum Gasteiger partial charge on any atom is 0.150 e. The molecular weight excluding hydrogens is 232 g/mol. The lowest BCUT2D eigenvalue weighted by Crippen LogP contribution is -2.12. The van der Waals surface area contributed by atoms with Crippen molar-refractivity contribution in [3.8, 4) is 0 Å². The van der Waals surface area contributed by atoms with Crippen molar-refractivity contribution in [2.45, 2.75) is 18.8 Å². The minimum absolute atomic E-state index is 0.554. The van der Waals surface area contributed by atoms with E-state index in [9.17, 15) is 4.79 Å².